The Morgan fingerprint density at radius 3 is 2.88 bits per heavy atom. The van der Waals surface area contributed by atoms with Crippen molar-refractivity contribution < 1.29 is 24.1 Å². The normalized spacial score (nSPS) is 24.6. The van der Waals surface area contributed by atoms with Crippen LogP contribution in [0.4, 0.5) is 0 Å². The summed E-state index contributed by atoms with van der Waals surface area (Å²) in [6.45, 7) is 5.70. The molecule has 2 aliphatic rings. The second-order valence-electron chi connectivity index (χ2n) is 9.28. The summed E-state index contributed by atoms with van der Waals surface area (Å²) in [5.41, 5.74) is 5.68. The van der Waals surface area contributed by atoms with E-state index in [0.29, 0.717) is 32.7 Å². The van der Waals surface area contributed by atoms with Crippen molar-refractivity contribution in [2.45, 2.75) is 64.1 Å². The highest BCUT2D eigenvalue weighted by atomic mass is 16.7. The van der Waals surface area contributed by atoms with E-state index in [4.69, 9.17) is 18.9 Å². The van der Waals surface area contributed by atoms with Crippen LogP contribution in [0.5, 0.6) is 5.75 Å². The molecule has 4 rings (SSSR count). The number of fused-ring (bicyclic) bond motifs is 2. The lowest BCUT2D eigenvalue weighted by Gasteiger charge is -2.40. The van der Waals surface area contributed by atoms with Gasteiger partial charge in [-0.05, 0) is 60.2 Å². The van der Waals surface area contributed by atoms with E-state index in [1.54, 1.807) is 7.11 Å². The van der Waals surface area contributed by atoms with Gasteiger partial charge < -0.3 is 24.1 Å². The Morgan fingerprint density at radius 2 is 2.06 bits per heavy atom. The Balaban J connectivity index is 1.47. The van der Waals surface area contributed by atoms with Gasteiger partial charge in [0.25, 0.3) is 0 Å². The number of aliphatic hydroxyl groups excluding tert-OH is 1. The molecule has 1 fully saturated rings. The van der Waals surface area contributed by atoms with Gasteiger partial charge in [0.15, 0.2) is 5.79 Å². The molecular weight excluding hydrogens is 428 g/mol. The average Bonchev–Trinajstić information content (AvgIpc) is 3.14. The van der Waals surface area contributed by atoms with Crippen LogP contribution >= 0.6 is 0 Å². The molecular formula is C29H36O5. The Labute approximate surface area is 203 Å². The predicted octanol–water partition coefficient (Wildman–Crippen LogP) is 5.44. The van der Waals surface area contributed by atoms with Crippen molar-refractivity contribution in [3.8, 4) is 5.75 Å². The molecule has 0 saturated carbocycles. The molecule has 0 radical (unpaired) electrons. The Morgan fingerprint density at radius 1 is 1.21 bits per heavy atom. The minimum Gasteiger partial charge on any atom is -0.489 e. The number of methoxy groups -OCH3 is 1. The van der Waals surface area contributed by atoms with Crippen molar-refractivity contribution in [1.82, 2.24) is 0 Å². The standard InChI is InChI=1S/C29H36O5/c1-4-5-6-8-21(2)18-32-26-10-7-9-22(14-26)13-23-11-12-24-19-33-29(28(24)15-23)17-25(30)16-27(34-29)20-31-3/h5-12,14-15,25,27,30H,4,13,16-20H2,1-3H3/b6-5-,21-8+/t25-,27-,29+/m0/s1. The zero-order chi connectivity index (χ0) is 24.0. The third-order valence-corrected chi connectivity index (χ3v) is 6.32. The first-order valence-electron chi connectivity index (χ1n) is 12.2. The third kappa shape index (κ3) is 5.97. The van der Waals surface area contributed by atoms with Gasteiger partial charge in [-0.25, -0.2) is 0 Å². The van der Waals surface area contributed by atoms with Crippen LogP contribution in [0.2, 0.25) is 0 Å². The van der Waals surface area contributed by atoms with Crippen LogP contribution in [-0.4, -0.2) is 37.6 Å². The molecule has 3 atom stereocenters. The van der Waals surface area contributed by atoms with Gasteiger partial charge in [-0.15, -0.1) is 0 Å². The van der Waals surface area contributed by atoms with E-state index in [0.717, 1.165) is 29.7 Å². The van der Waals surface area contributed by atoms with Crippen LogP contribution in [-0.2, 0) is 33.0 Å². The molecule has 2 aliphatic heterocycles. The monoisotopic (exact) mass is 464 g/mol. The highest BCUT2D eigenvalue weighted by molar-refractivity contribution is 5.41. The van der Waals surface area contributed by atoms with Gasteiger partial charge in [0.05, 0.1) is 25.4 Å². The molecule has 0 amide bonds. The summed E-state index contributed by atoms with van der Waals surface area (Å²) in [6.07, 6.45) is 8.44. The van der Waals surface area contributed by atoms with Crippen LogP contribution in [0.15, 0.2) is 66.3 Å². The molecule has 1 N–H and O–H groups in total. The summed E-state index contributed by atoms with van der Waals surface area (Å²) in [7, 11) is 1.65. The summed E-state index contributed by atoms with van der Waals surface area (Å²) >= 11 is 0. The van der Waals surface area contributed by atoms with E-state index < -0.39 is 11.9 Å². The summed E-state index contributed by atoms with van der Waals surface area (Å²) in [5, 5.41) is 10.5. The fourth-order valence-corrected chi connectivity index (χ4v) is 4.70. The van der Waals surface area contributed by atoms with Crippen molar-refractivity contribution in [2.24, 2.45) is 0 Å². The molecule has 2 heterocycles. The molecule has 5 heteroatoms. The number of hydrogen-bond acceptors (Lipinski definition) is 5. The van der Waals surface area contributed by atoms with Crippen LogP contribution in [0, 0.1) is 0 Å². The van der Waals surface area contributed by atoms with Gasteiger partial charge >= 0.3 is 0 Å². The first kappa shape index (κ1) is 24.7. The predicted molar refractivity (Wildman–Crippen MR) is 133 cm³/mol. The SMILES string of the molecule is CC/C=C\C=C(/C)COc1cccc(Cc2ccc3c(c2)[C@]2(C[C@@H](O)C[C@@H](COC)O2)OC3)c1. The molecule has 1 saturated heterocycles. The molecule has 0 aromatic heterocycles. The Bertz CT molecular complexity index is 1030. The van der Waals surface area contributed by atoms with Gasteiger partial charge in [-0.3, -0.25) is 0 Å². The van der Waals surface area contributed by atoms with Crippen molar-refractivity contribution in [1.29, 1.82) is 0 Å². The van der Waals surface area contributed by atoms with Gasteiger partial charge in [0.2, 0.25) is 0 Å². The average molecular weight is 465 g/mol. The fraction of sp³-hybridized carbons (Fsp3) is 0.448. The summed E-state index contributed by atoms with van der Waals surface area (Å²) in [6, 6.07) is 14.7. The van der Waals surface area contributed by atoms with Crippen LogP contribution in [0.3, 0.4) is 0 Å². The topological polar surface area (TPSA) is 57.2 Å². The zero-order valence-corrected chi connectivity index (χ0v) is 20.5. The quantitative estimate of drug-likeness (QED) is 0.501. The van der Waals surface area contributed by atoms with Crippen LogP contribution < -0.4 is 4.74 Å². The minimum atomic E-state index is -0.896. The molecule has 34 heavy (non-hydrogen) atoms. The van der Waals surface area contributed by atoms with Gasteiger partial charge in [-0.1, -0.05) is 49.4 Å². The van der Waals surface area contributed by atoms with Crippen molar-refractivity contribution in [2.75, 3.05) is 20.3 Å². The molecule has 2 aromatic rings. The summed E-state index contributed by atoms with van der Waals surface area (Å²) in [5.74, 6) is -0.0282. The highest BCUT2D eigenvalue weighted by Crippen LogP contribution is 2.46. The maximum absolute atomic E-state index is 10.5. The third-order valence-electron chi connectivity index (χ3n) is 6.32. The Hall–Kier alpha value is -2.44. The van der Waals surface area contributed by atoms with Crippen molar-refractivity contribution in [3.05, 3.63) is 88.5 Å². The molecule has 1 spiro atoms. The fourth-order valence-electron chi connectivity index (χ4n) is 4.70. The first-order chi connectivity index (χ1) is 16.5. The lowest BCUT2D eigenvalue weighted by molar-refractivity contribution is -0.303. The summed E-state index contributed by atoms with van der Waals surface area (Å²) < 4.78 is 23.8. The number of benzene rings is 2. The number of ether oxygens (including phenoxy) is 4. The van der Waals surface area contributed by atoms with E-state index in [1.807, 2.05) is 12.1 Å². The van der Waals surface area contributed by atoms with E-state index in [-0.39, 0.29) is 6.10 Å². The number of rotatable bonds is 9. The van der Waals surface area contributed by atoms with Gasteiger partial charge in [0.1, 0.15) is 12.4 Å². The molecule has 5 nitrogen and oxygen atoms in total. The molecule has 0 bridgehead atoms. The maximum atomic E-state index is 10.5. The minimum absolute atomic E-state index is 0.188. The van der Waals surface area contributed by atoms with Gasteiger partial charge in [0, 0.05) is 25.5 Å². The second-order valence-corrected chi connectivity index (χ2v) is 9.28. The van der Waals surface area contributed by atoms with Crippen molar-refractivity contribution in [3.63, 3.8) is 0 Å². The van der Waals surface area contributed by atoms with Gasteiger partial charge in [-0.2, -0.15) is 0 Å². The molecule has 182 valence electrons. The number of hydrogen-bond donors (Lipinski definition) is 1. The van der Waals surface area contributed by atoms with E-state index in [2.05, 4.69) is 62.4 Å². The largest absolute Gasteiger partial charge is 0.489 e. The lowest BCUT2D eigenvalue weighted by atomic mass is 9.90. The van der Waals surface area contributed by atoms with E-state index in [1.165, 1.54) is 16.7 Å². The zero-order valence-electron chi connectivity index (χ0n) is 20.5. The van der Waals surface area contributed by atoms with Crippen molar-refractivity contribution >= 4 is 0 Å². The van der Waals surface area contributed by atoms with E-state index in [9.17, 15) is 5.11 Å². The first-order valence-corrected chi connectivity index (χ1v) is 12.2. The maximum Gasteiger partial charge on any atom is 0.198 e. The molecule has 2 aromatic carbocycles. The number of aliphatic hydroxyl groups is 1. The van der Waals surface area contributed by atoms with Crippen LogP contribution in [0.25, 0.3) is 0 Å². The number of allylic oxidation sites excluding steroid dienone is 3. The second kappa shape index (κ2) is 11.3. The smallest absolute Gasteiger partial charge is 0.198 e. The molecule has 0 unspecified atom stereocenters. The highest BCUT2D eigenvalue weighted by Gasteiger charge is 2.48. The molecule has 0 aliphatic carbocycles. The van der Waals surface area contributed by atoms with Crippen LogP contribution in [0.1, 0.15) is 55.4 Å². The Kier molecular flexibility index (Phi) is 8.22. The van der Waals surface area contributed by atoms with E-state index >= 15 is 0 Å². The lowest BCUT2D eigenvalue weighted by Crippen LogP contribution is -2.45. The summed E-state index contributed by atoms with van der Waals surface area (Å²) in [4.78, 5) is 0.